The number of alkyl halides is 1. The number of carbonyl (C=O) groups excluding carboxylic acids is 2. The second-order valence-electron chi connectivity index (χ2n) is 8.08. The van der Waals surface area contributed by atoms with E-state index in [0.29, 0.717) is 6.61 Å². The minimum absolute atomic E-state index is 0.124. The van der Waals surface area contributed by atoms with Crippen molar-refractivity contribution >= 4 is 34.6 Å². The summed E-state index contributed by atoms with van der Waals surface area (Å²) in [5.41, 5.74) is 0.729. The normalized spacial score (nSPS) is 30.9. The number of rotatable bonds is 1. The molecule has 1 aliphatic carbocycles. The van der Waals surface area contributed by atoms with Gasteiger partial charge < -0.3 is 9.47 Å². The van der Waals surface area contributed by atoms with E-state index in [1.807, 2.05) is 52.0 Å². The monoisotopic (exact) mass is 361 g/mol. The van der Waals surface area contributed by atoms with Gasteiger partial charge in [0.25, 0.3) is 0 Å². The molecule has 0 unspecified atom stereocenters. The first-order valence-corrected chi connectivity index (χ1v) is 8.67. The highest BCUT2D eigenvalue weighted by atomic mass is 35.5. The van der Waals surface area contributed by atoms with Gasteiger partial charge in [-0.3, -0.25) is 9.36 Å². The topological polar surface area (TPSA) is 57.5 Å². The second kappa shape index (κ2) is 4.79. The molecule has 1 aromatic carbocycles. The van der Waals surface area contributed by atoms with Crippen LogP contribution in [0.2, 0.25) is 0 Å². The molecule has 2 aromatic rings. The Balaban J connectivity index is 1.77. The molecule has 1 aliphatic heterocycles. The van der Waals surface area contributed by atoms with Crippen LogP contribution in [0.3, 0.4) is 0 Å². The number of carbonyl (C=O) groups is 2. The Morgan fingerprint density at radius 1 is 1.36 bits per heavy atom. The molecular weight excluding hydrogens is 342 g/mol. The average Bonchev–Trinajstić information content (AvgIpc) is 2.81. The smallest absolute Gasteiger partial charge is 0.418 e. The summed E-state index contributed by atoms with van der Waals surface area (Å²) in [6.45, 7) is 7.79. The van der Waals surface area contributed by atoms with Crippen LogP contribution in [-0.2, 0) is 14.3 Å². The molecule has 25 heavy (non-hydrogen) atoms. The fourth-order valence-electron chi connectivity index (χ4n) is 3.96. The first-order valence-electron chi connectivity index (χ1n) is 8.29. The Bertz CT molecular complexity index is 912. The summed E-state index contributed by atoms with van der Waals surface area (Å²) in [7, 11) is 0. The Morgan fingerprint density at radius 3 is 2.68 bits per heavy atom. The first-order chi connectivity index (χ1) is 11.6. The number of benzene rings is 1. The van der Waals surface area contributed by atoms with Gasteiger partial charge in [-0.1, -0.05) is 19.1 Å². The molecule has 0 N–H and O–H groups in total. The molecule has 132 valence electrons. The van der Waals surface area contributed by atoms with Crippen molar-refractivity contribution in [2.75, 3.05) is 6.61 Å². The molecule has 0 radical (unpaired) electrons. The highest BCUT2D eigenvalue weighted by Gasteiger charge is 2.83. The summed E-state index contributed by atoms with van der Waals surface area (Å²) >= 11 is 6.62. The maximum atomic E-state index is 12.4. The molecule has 0 bridgehead atoms. The minimum Gasteiger partial charge on any atom is -0.464 e. The van der Waals surface area contributed by atoms with Crippen molar-refractivity contribution in [3.63, 3.8) is 0 Å². The predicted molar refractivity (Wildman–Crippen MR) is 94.0 cm³/mol. The maximum Gasteiger partial charge on any atom is 0.418 e. The third-order valence-corrected chi connectivity index (χ3v) is 6.05. The molecule has 0 spiro atoms. The zero-order valence-corrected chi connectivity index (χ0v) is 15.4. The lowest BCUT2D eigenvalue weighted by atomic mass is 9.99. The number of esters is 1. The lowest BCUT2D eigenvalue weighted by Crippen LogP contribution is -2.26. The van der Waals surface area contributed by atoms with E-state index in [-0.39, 0.29) is 11.9 Å². The van der Waals surface area contributed by atoms with Crippen LogP contribution in [-0.4, -0.2) is 33.7 Å². The second-order valence-corrected chi connectivity index (χ2v) is 8.68. The minimum atomic E-state index is -1.00. The van der Waals surface area contributed by atoms with Crippen molar-refractivity contribution in [2.24, 2.45) is 5.41 Å². The quantitative estimate of drug-likeness (QED) is 0.567. The summed E-state index contributed by atoms with van der Waals surface area (Å²) in [6.07, 6.45) is 1.27. The number of halogens is 1. The van der Waals surface area contributed by atoms with Crippen LogP contribution in [0, 0.1) is 5.41 Å². The Labute approximate surface area is 150 Å². The van der Waals surface area contributed by atoms with Crippen LogP contribution >= 0.6 is 11.6 Å². The van der Waals surface area contributed by atoms with Crippen LogP contribution in [0.25, 0.3) is 10.9 Å². The standard InChI is InChI=1S/C19H20ClNO4/c1-17(2,3)25-16(23)21-9-8-11-12(6-5-7-13(11)21)14-18(4)10-24-15(22)19(14,18)20/h5-9,14H,10H2,1-4H3/t14-,18-,19+/m0/s1. The Hall–Kier alpha value is -2.01. The molecule has 1 saturated heterocycles. The molecule has 3 atom stereocenters. The molecule has 5 nitrogen and oxygen atoms in total. The van der Waals surface area contributed by atoms with Crippen molar-refractivity contribution in [3.8, 4) is 0 Å². The van der Waals surface area contributed by atoms with E-state index in [9.17, 15) is 9.59 Å². The zero-order chi connectivity index (χ0) is 18.2. The molecule has 4 rings (SSSR count). The van der Waals surface area contributed by atoms with Gasteiger partial charge in [-0.25, -0.2) is 4.79 Å². The Morgan fingerprint density at radius 2 is 2.08 bits per heavy atom. The number of cyclic esters (lactones) is 1. The molecule has 0 amide bonds. The molecule has 2 fully saturated rings. The van der Waals surface area contributed by atoms with Crippen molar-refractivity contribution in [3.05, 3.63) is 36.0 Å². The van der Waals surface area contributed by atoms with E-state index in [2.05, 4.69) is 0 Å². The summed E-state index contributed by atoms with van der Waals surface area (Å²) in [4.78, 5) is 23.5. The van der Waals surface area contributed by atoms with Gasteiger partial charge in [0.1, 0.15) is 5.60 Å². The number of fused-ring (bicyclic) bond motifs is 2. The van der Waals surface area contributed by atoms with E-state index >= 15 is 0 Å². The average molecular weight is 362 g/mol. The van der Waals surface area contributed by atoms with Gasteiger partial charge in [0, 0.05) is 22.9 Å². The SMILES string of the molecule is CC(C)(C)OC(=O)n1ccc2c([C@H]3[C@]4(C)COC(=O)[C@]34Cl)cccc21. The van der Waals surface area contributed by atoms with E-state index < -0.39 is 22.0 Å². The van der Waals surface area contributed by atoms with Crippen molar-refractivity contribution < 1.29 is 19.1 Å². The lowest BCUT2D eigenvalue weighted by molar-refractivity contribution is -0.140. The van der Waals surface area contributed by atoms with Crippen LogP contribution in [0.4, 0.5) is 4.79 Å². The van der Waals surface area contributed by atoms with Crippen molar-refractivity contribution in [2.45, 2.75) is 44.1 Å². The highest BCUT2D eigenvalue weighted by Crippen LogP contribution is 2.75. The van der Waals surface area contributed by atoms with Gasteiger partial charge >= 0.3 is 12.1 Å². The van der Waals surface area contributed by atoms with Gasteiger partial charge in [-0.15, -0.1) is 11.6 Å². The molecule has 1 aromatic heterocycles. The molecule has 6 heteroatoms. The third-order valence-electron chi connectivity index (χ3n) is 5.25. The fourth-order valence-corrected chi connectivity index (χ4v) is 4.48. The van der Waals surface area contributed by atoms with Crippen molar-refractivity contribution in [1.82, 2.24) is 4.57 Å². The van der Waals surface area contributed by atoms with Gasteiger partial charge in [0.15, 0.2) is 4.87 Å². The zero-order valence-electron chi connectivity index (χ0n) is 14.6. The van der Waals surface area contributed by atoms with E-state index in [0.717, 1.165) is 16.5 Å². The van der Waals surface area contributed by atoms with Crippen LogP contribution in [0.1, 0.15) is 39.2 Å². The van der Waals surface area contributed by atoms with Gasteiger partial charge in [0.2, 0.25) is 0 Å². The van der Waals surface area contributed by atoms with E-state index in [4.69, 9.17) is 21.1 Å². The molecule has 1 saturated carbocycles. The van der Waals surface area contributed by atoms with Gasteiger partial charge in [-0.2, -0.15) is 0 Å². The number of ether oxygens (including phenoxy) is 2. The summed E-state index contributed by atoms with van der Waals surface area (Å²) in [5, 5.41) is 0.904. The largest absolute Gasteiger partial charge is 0.464 e. The van der Waals surface area contributed by atoms with E-state index in [1.54, 1.807) is 6.20 Å². The van der Waals surface area contributed by atoms with Crippen LogP contribution in [0.15, 0.2) is 30.5 Å². The fraction of sp³-hybridized carbons (Fsp3) is 0.474. The number of hydrogen-bond acceptors (Lipinski definition) is 4. The third kappa shape index (κ3) is 2.08. The van der Waals surface area contributed by atoms with Crippen LogP contribution in [0.5, 0.6) is 0 Å². The lowest BCUT2D eigenvalue weighted by Gasteiger charge is -2.20. The molecule has 2 aliphatic rings. The summed E-state index contributed by atoms with van der Waals surface area (Å²) < 4.78 is 12.1. The highest BCUT2D eigenvalue weighted by molar-refractivity contribution is 6.39. The molecular formula is C19H20ClNO4. The summed E-state index contributed by atoms with van der Waals surface area (Å²) in [5.74, 6) is -0.480. The van der Waals surface area contributed by atoms with Gasteiger partial charge in [0.05, 0.1) is 12.1 Å². The van der Waals surface area contributed by atoms with Crippen LogP contribution < -0.4 is 0 Å². The molecule has 2 heterocycles. The van der Waals surface area contributed by atoms with Crippen molar-refractivity contribution in [1.29, 1.82) is 0 Å². The van der Waals surface area contributed by atoms with Gasteiger partial charge in [-0.05, 0) is 38.5 Å². The first kappa shape index (κ1) is 16.5. The predicted octanol–water partition coefficient (Wildman–Crippen LogP) is 4.06. The number of nitrogens with zero attached hydrogens (tertiary/aromatic N) is 1. The van der Waals surface area contributed by atoms with E-state index in [1.165, 1.54) is 4.57 Å². The number of aromatic nitrogens is 1. The maximum absolute atomic E-state index is 12.4. The Kier molecular flexibility index (Phi) is 3.15. The summed E-state index contributed by atoms with van der Waals surface area (Å²) in [6, 6.07) is 7.58. The number of hydrogen-bond donors (Lipinski definition) is 0.